The number of hydrogen-bond acceptors (Lipinski definition) is 5. The van der Waals surface area contributed by atoms with Crippen LogP contribution in [0.4, 0.5) is 23.2 Å². The number of thiocarbonyl (C=S) groups is 1. The van der Waals surface area contributed by atoms with E-state index in [1.54, 1.807) is 18.2 Å². The average molecular weight is 601 g/mol. The van der Waals surface area contributed by atoms with Gasteiger partial charge in [0.15, 0.2) is 28.1 Å². The van der Waals surface area contributed by atoms with Gasteiger partial charge in [-0.2, -0.15) is 8.78 Å². The molecule has 34 heavy (non-hydrogen) atoms. The van der Waals surface area contributed by atoms with Crippen molar-refractivity contribution in [1.82, 2.24) is 10.3 Å². The van der Waals surface area contributed by atoms with Crippen molar-refractivity contribution < 1.29 is 31.5 Å². The largest absolute Gasteiger partial charge is 0.491 e. The van der Waals surface area contributed by atoms with Crippen molar-refractivity contribution in [3.63, 3.8) is 0 Å². The monoisotopic (exact) mass is 601 g/mol. The molecule has 0 saturated carbocycles. The number of oxazole rings is 1. The minimum Gasteiger partial charge on any atom is -0.491 e. The lowest BCUT2D eigenvalue weighted by atomic mass is 10.1. The number of rotatable bonds is 4. The zero-order valence-electron chi connectivity index (χ0n) is 17.0. The van der Waals surface area contributed by atoms with E-state index >= 15 is 0 Å². The average Bonchev–Trinajstić information content (AvgIpc) is 3.22. The molecule has 1 aromatic heterocycles. The molecule has 6 nitrogen and oxygen atoms in total. The Hall–Kier alpha value is -3.26. The van der Waals surface area contributed by atoms with Gasteiger partial charge < -0.3 is 14.5 Å². The molecule has 0 spiro atoms. The molecule has 174 valence electrons. The van der Waals surface area contributed by atoms with Crippen LogP contribution in [0.1, 0.15) is 10.4 Å². The third kappa shape index (κ3) is 4.55. The highest BCUT2D eigenvalue weighted by molar-refractivity contribution is 14.1. The van der Waals surface area contributed by atoms with Crippen LogP contribution in [0.3, 0.4) is 0 Å². The van der Waals surface area contributed by atoms with Crippen LogP contribution in [0.2, 0.25) is 0 Å². The highest BCUT2D eigenvalue weighted by atomic mass is 127. The van der Waals surface area contributed by atoms with Gasteiger partial charge in [0.25, 0.3) is 5.91 Å². The molecule has 0 bridgehead atoms. The number of aromatic nitrogens is 1. The zero-order valence-corrected chi connectivity index (χ0v) is 20.0. The van der Waals surface area contributed by atoms with Crippen molar-refractivity contribution >= 4 is 62.6 Å². The quantitative estimate of drug-likeness (QED) is 0.134. The Bertz CT molecular complexity index is 1430. The summed E-state index contributed by atoms with van der Waals surface area (Å²) in [6, 6.07) is 12.3. The fourth-order valence-corrected chi connectivity index (χ4v) is 3.82. The fourth-order valence-electron chi connectivity index (χ4n) is 3.07. The van der Waals surface area contributed by atoms with Gasteiger partial charge in [-0.15, -0.1) is 0 Å². The normalized spacial score (nSPS) is 10.9. The molecule has 1 heterocycles. The van der Waals surface area contributed by atoms with Gasteiger partial charge in [0.05, 0.1) is 7.11 Å². The first-order chi connectivity index (χ1) is 16.2. The van der Waals surface area contributed by atoms with Crippen LogP contribution in [-0.4, -0.2) is 23.1 Å². The maximum absolute atomic E-state index is 14.2. The van der Waals surface area contributed by atoms with Crippen LogP contribution < -0.4 is 15.4 Å². The molecule has 4 rings (SSSR count). The van der Waals surface area contributed by atoms with Crippen molar-refractivity contribution in [2.24, 2.45) is 0 Å². The summed E-state index contributed by atoms with van der Waals surface area (Å²) < 4.78 is 67.1. The van der Waals surface area contributed by atoms with Crippen molar-refractivity contribution in [3.05, 3.63) is 74.9 Å². The van der Waals surface area contributed by atoms with E-state index in [4.69, 9.17) is 16.6 Å². The SMILES string of the molecule is COc1c(F)c(F)c(C(=O)NC(=S)Nc2ccc3oc(-c4cccc(I)c4)nc3c2)c(F)c1F. The number of hydrogen-bond donors (Lipinski definition) is 2. The second kappa shape index (κ2) is 9.54. The molecular formula is C22H12F4IN3O3S. The summed E-state index contributed by atoms with van der Waals surface area (Å²) in [5.41, 5.74) is 0.637. The van der Waals surface area contributed by atoms with Crippen LogP contribution in [0.15, 0.2) is 46.9 Å². The summed E-state index contributed by atoms with van der Waals surface area (Å²) >= 11 is 7.16. The molecule has 1 amide bonds. The highest BCUT2D eigenvalue weighted by Gasteiger charge is 2.30. The summed E-state index contributed by atoms with van der Waals surface area (Å²) in [4.78, 5) is 16.7. The van der Waals surface area contributed by atoms with E-state index < -0.39 is 40.5 Å². The van der Waals surface area contributed by atoms with Crippen molar-refractivity contribution in [1.29, 1.82) is 0 Å². The van der Waals surface area contributed by atoms with Crippen LogP contribution in [0.25, 0.3) is 22.6 Å². The lowest BCUT2D eigenvalue weighted by molar-refractivity contribution is 0.0966. The number of carbonyl (C=O) groups is 1. The Kier molecular flexibility index (Phi) is 6.70. The maximum atomic E-state index is 14.2. The van der Waals surface area contributed by atoms with Gasteiger partial charge in [0.2, 0.25) is 17.5 Å². The summed E-state index contributed by atoms with van der Waals surface area (Å²) in [6.07, 6.45) is 0. The van der Waals surface area contributed by atoms with Crippen molar-refractivity contribution in [2.45, 2.75) is 0 Å². The first kappa shape index (κ1) is 23.9. The number of benzene rings is 3. The predicted octanol–water partition coefficient (Wildman–Crippen LogP) is 5.79. The van der Waals surface area contributed by atoms with Gasteiger partial charge >= 0.3 is 0 Å². The molecule has 0 unspecified atom stereocenters. The molecule has 2 N–H and O–H groups in total. The van der Waals surface area contributed by atoms with Gasteiger partial charge in [0.1, 0.15) is 11.1 Å². The minimum atomic E-state index is -1.91. The second-order valence-electron chi connectivity index (χ2n) is 6.78. The van der Waals surface area contributed by atoms with Gasteiger partial charge in [-0.25, -0.2) is 13.8 Å². The molecule has 0 aliphatic carbocycles. The molecule has 0 aliphatic heterocycles. The molecule has 0 fully saturated rings. The van der Waals surface area contributed by atoms with E-state index in [1.807, 2.05) is 29.6 Å². The van der Waals surface area contributed by atoms with Gasteiger partial charge in [-0.1, -0.05) is 6.07 Å². The molecule has 0 radical (unpaired) electrons. The Morgan fingerprint density at radius 2 is 1.76 bits per heavy atom. The summed E-state index contributed by atoms with van der Waals surface area (Å²) in [5, 5.41) is 4.26. The number of nitrogens with one attached hydrogen (secondary N) is 2. The lowest BCUT2D eigenvalue weighted by Crippen LogP contribution is -2.35. The zero-order chi connectivity index (χ0) is 24.6. The number of halogens is 5. The molecule has 4 aromatic rings. The standard InChI is InChI=1S/C22H12F4IN3O3S/c1-32-19-17(25)15(23)14(16(24)18(19)26)20(31)30-22(34)28-11-5-6-13-12(8-11)29-21(33-13)9-3-2-4-10(27)7-9/h2-8H,1H3,(H2,28,30,31,34). The van der Waals surface area contributed by atoms with E-state index in [-0.39, 0.29) is 5.11 Å². The van der Waals surface area contributed by atoms with E-state index in [0.717, 1.165) is 16.2 Å². The molecule has 3 aromatic carbocycles. The predicted molar refractivity (Wildman–Crippen MR) is 129 cm³/mol. The summed E-state index contributed by atoms with van der Waals surface area (Å²) in [7, 11) is 0.828. The maximum Gasteiger partial charge on any atom is 0.263 e. The van der Waals surface area contributed by atoms with Crippen LogP contribution in [0, 0.1) is 26.8 Å². The third-order valence-electron chi connectivity index (χ3n) is 4.60. The first-order valence-electron chi connectivity index (χ1n) is 9.38. The molecule has 12 heteroatoms. The number of carbonyl (C=O) groups excluding carboxylic acids is 1. The number of fused-ring (bicyclic) bond motifs is 1. The van der Waals surface area contributed by atoms with E-state index in [9.17, 15) is 22.4 Å². The number of methoxy groups -OCH3 is 1. The number of ether oxygens (including phenoxy) is 1. The Morgan fingerprint density at radius 1 is 1.06 bits per heavy atom. The van der Waals surface area contributed by atoms with Crippen LogP contribution in [0.5, 0.6) is 5.75 Å². The molecule has 0 aliphatic rings. The minimum absolute atomic E-state index is 0.369. The van der Waals surface area contributed by atoms with Gasteiger partial charge in [-0.3, -0.25) is 10.1 Å². The number of amides is 1. The Labute approximate surface area is 208 Å². The van der Waals surface area contributed by atoms with Crippen LogP contribution in [-0.2, 0) is 0 Å². The summed E-state index contributed by atoms with van der Waals surface area (Å²) in [5.74, 6) is -9.88. The number of anilines is 1. The number of nitrogens with zero attached hydrogens (tertiary/aromatic N) is 1. The molecule has 0 atom stereocenters. The first-order valence-corrected chi connectivity index (χ1v) is 10.9. The van der Waals surface area contributed by atoms with Crippen molar-refractivity contribution in [3.8, 4) is 17.2 Å². The van der Waals surface area contributed by atoms with Gasteiger partial charge in [-0.05, 0) is 71.2 Å². The lowest BCUT2D eigenvalue weighted by Gasteiger charge is -2.12. The van der Waals surface area contributed by atoms with E-state index in [2.05, 4.69) is 37.6 Å². The molecular weight excluding hydrogens is 589 g/mol. The third-order valence-corrected chi connectivity index (χ3v) is 5.47. The summed E-state index contributed by atoms with van der Waals surface area (Å²) in [6.45, 7) is 0. The van der Waals surface area contributed by atoms with Gasteiger partial charge in [0, 0.05) is 14.8 Å². The fraction of sp³-hybridized carbons (Fsp3) is 0.0455. The Balaban J connectivity index is 1.53. The van der Waals surface area contributed by atoms with E-state index in [0.29, 0.717) is 22.7 Å². The molecule has 0 saturated heterocycles. The second-order valence-corrected chi connectivity index (χ2v) is 8.44. The smallest absolute Gasteiger partial charge is 0.263 e. The van der Waals surface area contributed by atoms with E-state index in [1.165, 1.54) is 0 Å². The van der Waals surface area contributed by atoms with Crippen molar-refractivity contribution in [2.75, 3.05) is 12.4 Å². The highest BCUT2D eigenvalue weighted by Crippen LogP contribution is 2.30. The van der Waals surface area contributed by atoms with Crippen LogP contribution >= 0.6 is 34.8 Å². The Morgan fingerprint density at radius 3 is 2.41 bits per heavy atom. The topological polar surface area (TPSA) is 76.4 Å².